The van der Waals surface area contributed by atoms with Gasteiger partial charge < -0.3 is 10.0 Å². The van der Waals surface area contributed by atoms with Gasteiger partial charge in [-0.05, 0) is 37.3 Å². The van der Waals surface area contributed by atoms with E-state index in [2.05, 4.69) is 6.92 Å². The Kier molecular flexibility index (Phi) is 5.52. The van der Waals surface area contributed by atoms with Crippen LogP contribution in [-0.4, -0.2) is 36.6 Å². The lowest BCUT2D eigenvalue weighted by atomic mass is 9.88. The molecule has 2 aliphatic rings. The molecule has 2 N–H and O–H groups in total. The average Bonchev–Trinajstić information content (AvgIpc) is 2.96. The summed E-state index contributed by atoms with van der Waals surface area (Å²) in [6.07, 6.45) is 4.23. The molecular formula is C24H29N2O3+. The number of aryl methyl sites for hydroxylation is 1. The molecule has 0 saturated carbocycles. The number of hydrogen-bond donors (Lipinski definition) is 2. The molecular weight excluding hydrogens is 364 g/mol. The molecule has 5 nitrogen and oxygen atoms in total. The molecule has 5 heteroatoms. The van der Waals surface area contributed by atoms with Crippen molar-refractivity contribution in [1.82, 2.24) is 0 Å². The second kappa shape index (κ2) is 8.09. The highest BCUT2D eigenvalue weighted by Crippen LogP contribution is 2.42. The Morgan fingerprint density at radius 3 is 2.45 bits per heavy atom. The first-order valence-electron chi connectivity index (χ1n) is 10.6. The minimum atomic E-state index is -1.80. The Labute approximate surface area is 171 Å². The highest BCUT2D eigenvalue weighted by molar-refractivity contribution is 6.10. The molecule has 0 radical (unpaired) electrons. The molecule has 29 heavy (non-hydrogen) atoms. The molecule has 0 unspecified atom stereocenters. The molecule has 2 heterocycles. The van der Waals surface area contributed by atoms with Crippen molar-refractivity contribution in [2.75, 3.05) is 24.7 Å². The van der Waals surface area contributed by atoms with Gasteiger partial charge in [-0.15, -0.1) is 0 Å². The second-order valence-electron chi connectivity index (χ2n) is 8.23. The lowest BCUT2D eigenvalue weighted by molar-refractivity contribution is -0.903. The van der Waals surface area contributed by atoms with E-state index < -0.39 is 5.60 Å². The largest absolute Gasteiger partial charge is 0.375 e. The lowest BCUT2D eigenvalue weighted by Crippen LogP contribution is -3.14. The predicted octanol–water partition coefficient (Wildman–Crippen LogP) is 2.08. The number of aliphatic hydroxyl groups is 1. The molecule has 0 aliphatic carbocycles. The van der Waals surface area contributed by atoms with Crippen LogP contribution < -0.4 is 9.80 Å². The summed E-state index contributed by atoms with van der Waals surface area (Å²) >= 11 is 0. The highest BCUT2D eigenvalue weighted by atomic mass is 16.3. The number of rotatable bonds is 6. The minimum Gasteiger partial charge on any atom is -0.375 e. The number of fused-ring (bicyclic) bond motifs is 1. The van der Waals surface area contributed by atoms with Gasteiger partial charge in [0.1, 0.15) is 0 Å². The van der Waals surface area contributed by atoms with Crippen LogP contribution >= 0.6 is 0 Å². The molecule has 0 bridgehead atoms. The molecule has 1 fully saturated rings. The van der Waals surface area contributed by atoms with Crippen LogP contribution in [0.5, 0.6) is 0 Å². The van der Waals surface area contributed by atoms with Gasteiger partial charge in [-0.3, -0.25) is 14.5 Å². The Hall–Kier alpha value is -2.50. The zero-order chi connectivity index (χ0) is 20.4. The number of carbonyl (C=O) groups is 2. The number of nitrogens with one attached hydrogen (secondary N) is 1. The third-order valence-corrected chi connectivity index (χ3v) is 6.28. The van der Waals surface area contributed by atoms with Gasteiger partial charge in [0.05, 0.1) is 25.2 Å². The van der Waals surface area contributed by atoms with E-state index in [9.17, 15) is 14.7 Å². The first kappa shape index (κ1) is 19.8. The van der Waals surface area contributed by atoms with Gasteiger partial charge in [-0.1, -0.05) is 49.4 Å². The van der Waals surface area contributed by atoms with Crippen LogP contribution in [0.4, 0.5) is 5.69 Å². The number of anilines is 1. The van der Waals surface area contributed by atoms with Crippen molar-refractivity contribution in [3.63, 3.8) is 0 Å². The van der Waals surface area contributed by atoms with E-state index in [4.69, 9.17) is 0 Å². The Balaban J connectivity index is 1.59. The number of amides is 1. The van der Waals surface area contributed by atoms with E-state index in [1.165, 1.54) is 11.3 Å². The van der Waals surface area contributed by atoms with Crippen molar-refractivity contribution in [3.8, 4) is 0 Å². The van der Waals surface area contributed by atoms with Crippen LogP contribution in [0.1, 0.15) is 54.1 Å². The maximum Gasteiger partial charge on any atom is 0.268 e. The van der Waals surface area contributed by atoms with Gasteiger partial charge >= 0.3 is 0 Å². The quantitative estimate of drug-likeness (QED) is 0.739. The molecule has 152 valence electrons. The van der Waals surface area contributed by atoms with Crippen LogP contribution in [0.15, 0.2) is 48.5 Å². The molecule has 4 rings (SSSR count). The van der Waals surface area contributed by atoms with Crippen molar-refractivity contribution in [1.29, 1.82) is 0 Å². The summed E-state index contributed by atoms with van der Waals surface area (Å²) in [4.78, 5) is 29.3. The maximum absolute atomic E-state index is 13.3. The zero-order valence-electron chi connectivity index (χ0n) is 17.0. The van der Waals surface area contributed by atoms with Gasteiger partial charge in [-0.25, -0.2) is 0 Å². The molecule has 1 amide bonds. The van der Waals surface area contributed by atoms with Crippen molar-refractivity contribution < 1.29 is 19.6 Å². The number of hydrogen-bond acceptors (Lipinski definition) is 3. The van der Waals surface area contributed by atoms with E-state index in [1.54, 1.807) is 23.1 Å². The second-order valence-corrected chi connectivity index (χ2v) is 8.23. The fourth-order valence-electron chi connectivity index (χ4n) is 4.53. The van der Waals surface area contributed by atoms with Crippen LogP contribution in [-0.2, 0) is 16.8 Å². The Morgan fingerprint density at radius 1 is 1.07 bits per heavy atom. The summed E-state index contributed by atoms with van der Waals surface area (Å²) in [5.41, 5.74) is 1.15. The van der Waals surface area contributed by atoms with E-state index in [1.807, 2.05) is 30.3 Å². The number of nitrogens with zero attached hydrogens (tertiary/aromatic N) is 1. The number of para-hydroxylation sites is 1. The third-order valence-electron chi connectivity index (χ3n) is 6.28. The van der Waals surface area contributed by atoms with Crippen LogP contribution in [0.3, 0.4) is 0 Å². The molecule has 1 atom stereocenters. The first-order valence-corrected chi connectivity index (χ1v) is 10.6. The summed E-state index contributed by atoms with van der Waals surface area (Å²) < 4.78 is 0. The summed E-state index contributed by atoms with van der Waals surface area (Å²) in [5, 5.41) is 11.4. The number of ketones is 1. The fraction of sp³-hybridized carbons (Fsp3) is 0.417. The zero-order valence-corrected chi connectivity index (χ0v) is 17.0. The smallest absolute Gasteiger partial charge is 0.268 e. The van der Waals surface area contributed by atoms with Crippen molar-refractivity contribution in [3.05, 3.63) is 65.2 Å². The normalized spacial score (nSPS) is 22.0. The maximum atomic E-state index is 13.3. The monoisotopic (exact) mass is 393 g/mol. The average molecular weight is 394 g/mol. The van der Waals surface area contributed by atoms with Gasteiger partial charge in [0.15, 0.2) is 18.1 Å². The number of piperidine rings is 1. The summed E-state index contributed by atoms with van der Waals surface area (Å²) in [6, 6.07) is 14.7. The van der Waals surface area contributed by atoms with Gasteiger partial charge in [-0.2, -0.15) is 0 Å². The standard InChI is InChI=1S/C24H28N2O3/c1-2-18-10-12-19(13-11-18)22(27)16-24(29)20-8-4-5-9-21(20)26(23(24)28)17-25-14-6-3-7-15-25/h4-5,8-13,29H,2-3,6-7,14-17H2,1H3/p+1/t24-/m1/s1. The van der Waals surface area contributed by atoms with E-state index in [-0.39, 0.29) is 18.1 Å². The predicted molar refractivity (Wildman–Crippen MR) is 112 cm³/mol. The number of likely N-dealkylation sites (tertiary alicyclic amines) is 1. The van der Waals surface area contributed by atoms with Crippen molar-refractivity contribution in [2.45, 2.75) is 44.6 Å². The van der Waals surface area contributed by atoms with E-state index in [0.717, 1.165) is 43.6 Å². The fourth-order valence-corrected chi connectivity index (χ4v) is 4.53. The SMILES string of the molecule is CCc1ccc(C(=O)C[C@]2(O)C(=O)N(C[NH+]3CCCCC3)c3ccccc32)cc1. The Bertz CT molecular complexity index is 903. The number of quaternary nitrogens is 1. The first-order chi connectivity index (χ1) is 14.0. The highest BCUT2D eigenvalue weighted by Gasteiger charge is 2.51. The number of carbonyl (C=O) groups excluding carboxylic acids is 2. The van der Waals surface area contributed by atoms with Crippen molar-refractivity contribution >= 4 is 17.4 Å². The molecule has 0 aromatic heterocycles. The summed E-state index contributed by atoms with van der Waals surface area (Å²) in [5.74, 6) is -0.597. The van der Waals surface area contributed by atoms with Crippen molar-refractivity contribution in [2.24, 2.45) is 0 Å². The number of benzene rings is 2. The van der Waals surface area contributed by atoms with Crippen LogP contribution in [0.25, 0.3) is 0 Å². The Morgan fingerprint density at radius 2 is 1.76 bits per heavy atom. The van der Waals surface area contributed by atoms with Gasteiger partial charge in [0.25, 0.3) is 5.91 Å². The topological polar surface area (TPSA) is 62.0 Å². The lowest BCUT2D eigenvalue weighted by Gasteiger charge is -2.29. The van der Waals surface area contributed by atoms with E-state index in [0.29, 0.717) is 17.8 Å². The minimum absolute atomic E-state index is 0.217. The molecule has 1 saturated heterocycles. The number of Topliss-reactive ketones (excluding diaryl/α,β-unsaturated/α-hetero) is 1. The summed E-state index contributed by atoms with van der Waals surface area (Å²) in [7, 11) is 0. The van der Waals surface area contributed by atoms with Crippen LogP contribution in [0, 0.1) is 0 Å². The third kappa shape index (κ3) is 3.72. The molecule has 2 aromatic carbocycles. The molecule has 0 spiro atoms. The van der Waals surface area contributed by atoms with Crippen LogP contribution in [0.2, 0.25) is 0 Å². The van der Waals surface area contributed by atoms with Gasteiger partial charge in [0.2, 0.25) is 0 Å². The van der Waals surface area contributed by atoms with Gasteiger partial charge in [0, 0.05) is 11.1 Å². The van der Waals surface area contributed by atoms with E-state index >= 15 is 0 Å². The molecule has 2 aliphatic heterocycles. The molecule has 2 aromatic rings. The summed E-state index contributed by atoms with van der Waals surface area (Å²) in [6.45, 7) is 4.67.